The Bertz CT molecular complexity index is 1480. The second-order valence-corrected chi connectivity index (χ2v) is 10.3. The van der Waals surface area contributed by atoms with E-state index in [-0.39, 0.29) is 0 Å². The first-order valence-electron chi connectivity index (χ1n) is 14.1. The zero-order chi connectivity index (χ0) is 27.6. The molecule has 0 radical (unpaired) electrons. The number of aliphatic imine (C=N–C) groups is 2. The van der Waals surface area contributed by atoms with Crippen molar-refractivity contribution in [2.75, 3.05) is 11.4 Å². The molecule has 0 bridgehead atoms. The Morgan fingerprint density at radius 1 is 0.825 bits per heavy atom. The lowest BCUT2D eigenvalue weighted by molar-refractivity contribution is 0.608. The van der Waals surface area contributed by atoms with Gasteiger partial charge in [0, 0.05) is 41.4 Å². The molecule has 5 nitrogen and oxygen atoms in total. The van der Waals surface area contributed by atoms with E-state index < -0.39 is 0 Å². The maximum atomic E-state index is 6.75. The van der Waals surface area contributed by atoms with Crippen molar-refractivity contribution in [3.05, 3.63) is 131 Å². The van der Waals surface area contributed by atoms with Gasteiger partial charge in [-0.25, -0.2) is 9.98 Å². The third-order valence-corrected chi connectivity index (χ3v) is 7.13. The molecule has 0 saturated carbocycles. The number of rotatable bonds is 11. The maximum Gasteiger partial charge on any atom is 0.179 e. The van der Waals surface area contributed by atoms with Crippen molar-refractivity contribution in [3.8, 4) is 0 Å². The molecular weight excluding hydrogens is 514 g/mol. The molecule has 0 atom stereocenters. The number of amidine groups is 1. The molecule has 0 saturated heterocycles. The van der Waals surface area contributed by atoms with Gasteiger partial charge in [-0.05, 0) is 60.6 Å². The van der Waals surface area contributed by atoms with E-state index in [9.17, 15) is 0 Å². The van der Waals surface area contributed by atoms with Crippen molar-refractivity contribution >= 4 is 34.4 Å². The van der Waals surface area contributed by atoms with Crippen LogP contribution in [-0.2, 0) is 0 Å². The number of unbranched alkanes of at least 4 members (excludes halogenated alkanes) is 5. The van der Waals surface area contributed by atoms with Gasteiger partial charge in [0.1, 0.15) is 11.4 Å². The standard InChI is InChI=1S/C34H34ClN5/c1-2-3-4-5-6-13-23-40-24-20-26(28-14-7-8-17-32(28)40)18-19-27(35)25-31-33(29-15-9-11-21-36-29)39-34(38-31)30-16-10-12-22-37-30/h7-12,14-22,24-25H,2-6,13,23H2,1H3. The highest BCUT2D eigenvalue weighted by Gasteiger charge is 2.21. The van der Waals surface area contributed by atoms with Gasteiger partial charge in [0.2, 0.25) is 0 Å². The summed E-state index contributed by atoms with van der Waals surface area (Å²) in [6.45, 7) is 3.29. The molecule has 0 fully saturated rings. The van der Waals surface area contributed by atoms with Gasteiger partial charge in [-0.2, -0.15) is 0 Å². The van der Waals surface area contributed by atoms with Crippen LogP contribution in [0.4, 0.5) is 5.69 Å². The van der Waals surface area contributed by atoms with E-state index in [0.29, 0.717) is 28.0 Å². The molecule has 5 rings (SSSR count). The van der Waals surface area contributed by atoms with Gasteiger partial charge in [-0.1, -0.05) is 87.0 Å². The fourth-order valence-corrected chi connectivity index (χ4v) is 4.98. The summed E-state index contributed by atoms with van der Waals surface area (Å²) in [4.78, 5) is 20.8. The number of nitrogens with zero attached hydrogens (tertiary/aromatic N) is 5. The van der Waals surface area contributed by atoms with Crippen molar-refractivity contribution < 1.29 is 0 Å². The normalized spacial score (nSPS) is 16.9. The number of hydrogen-bond acceptors (Lipinski definition) is 5. The van der Waals surface area contributed by atoms with Crippen LogP contribution >= 0.6 is 11.6 Å². The van der Waals surface area contributed by atoms with Gasteiger partial charge in [0.25, 0.3) is 0 Å². The number of hydrogen-bond donors (Lipinski definition) is 0. The second-order valence-electron chi connectivity index (χ2n) is 9.82. The molecule has 4 heterocycles. The second kappa shape index (κ2) is 13.8. The molecule has 1 aromatic carbocycles. The summed E-state index contributed by atoms with van der Waals surface area (Å²) < 4.78 is 0. The largest absolute Gasteiger partial charge is 0.347 e. The van der Waals surface area contributed by atoms with E-state index in [2.05, 4.69) is 64.4 Å². The van der Waals surface area contributed by atoms with E-state index in [1.54, 1.807) is 12.4 Å². The summed E-state index contributed by atoms with van der Waals surface area (Å²) >= 11 is 6.75. The predicted octanol–water partition coefficient (Wildman–Crippen LogP) is 8.51. The van der Waals surface area contributed by atoms with E-state index in [1.165, 1.54) is 49.8 Å². The minimum absolute atomic E-state index is 0.546. The summed E-state index contributed by atoms with van der Waals surface area (Å²) in [5.41, 5.74) is 6.33. The number of aromatic nitrogens is 2. The van der Waals surface area contributed by atoms with Crippen molar-refractivity contribution in [3.63, 3.8) is 0 Å². The van der Waals surface area contributed by atoms with Crippen LogP contribution in [0.1, 0.15) is 62.4 Å². The highest BCUT2D eigenvalue weighted by Crippen LogP contribution is 2.33. The van der Waals surface area contributed by atoms with Crippen LogP contribution in [0.15, 0.2) is 124 Å². The summed E-state index contributed by atoms with van der Waals surface area (Å²) in [6, 6.07) is 20.0. The first-order chi connectivity index (χ1) is 19.7. The van der Waals surface area contributed by atoms with Gasteiger partial charge in [-0.15, -0.1) is 0 Å². The topological polar surface area (TPSA) is 53.7 Å². The van der Waals surface area contributed by atoms with E-state index >= 15 is 0 Å². The van der Waals surface area contributed by atoms with Crippen LogP contribution in [0.5, 0.6) is 0 Å². The summed E-state index contributed by atoms with van der Waals surface area (Å²) in [7, 11) is 0. The maximum absolute atomic E-state index is 6.75. The zero-order valence-electron chi connectivity index (χ0n) is 22.9. The van der Waals surface area contributed by atoms with Crippen molar-refractivity contribution in [2.45, 2.75) is 45.4 Å². The molecule has 0 spiro atoms. The minimum atomic E-state index is 0.546. The van der Waals surface area contributed by atoms with Crippen LogP contribution in [0.3, 0.4) is 0 Å². The van der Waals surface area contributed by atoms with Gasteiger partial charge >= 0.3 is 0 Å². The summed E-state index contributed by atoms with van der Waals surface area (Å²) in [5, 5.41) is 0.553. The number of anilines is 1. The molecule has 0 aliphatic carbocycles. The fourth-order valence-electron chi connectivity index (χ4n) is 4.82. The molecule has 6 heteroatoms. The number of halogens is 1. The van der Waals surface area contributed by atoms with Crippen LogP contribution < -0.4 is 4.90 Å². The Hall–Kier alpha value is -4.09. The Morgan fingerprint density at radius 2 is 1.55 bits per heavy atom. The molecule has 2 aromatic heterocycles. The highest BCUT2D eigenvalue weighted by atomic mass is 35.5. The fraction of sp³-hybridized carbons (Fsp3) is 0.235. The first-order valence-corrected chi connectivity index (χ1v) is 14.4. The Morgan fingerprint density at radius 3 is 2.33 bits per heavy atom. The van der Waals surface area contributed by atoms with Crippen molar-refractivity contribution in [1.82, 2.24) is 9.97 Å². The summed E-state index contributed by atoms with van der Waals surface area (Å²) in [6.07, 6.45) is 21.4. The lowest BCUT2D eigenvalue weighted by Crippen LogP contribution is -2.21. The average molecular weight is 548 g/mol. The van der Waals surface area contributed by atoms with Crippen LogP contribution in [-0.4, -0.2) is 28.1 Å². The third kappa shape index (κ3) is 6.91. The molecule has 3 aromatic rings. The van der Waals surface area contributed by atoms with Crippen LogP contribution in [0, 0.1) is 0 Å². The Labute approximate surface area is 242 Å². The molecule has 2 aliphatic heterocycles. The molecule has 2 aliphatic rings. The van der Waals surface area contributed by atoms with Gasteiger partial charge in [0.05, 0.1) is 11.4 Å². The highest BCUT2D eigenvalue weighted by molar-refractivity contribution is 6.32. The number of allylic oxidation sites excluding steroid dienone is 7. The average Bonchev–Trinajstić information content (AvgIpc) is 3.42. The number of para-hydroxylation sites is 1. The minimum Gasteiger partial charge on any atom is -0.347 e. The smallest absolute Gasteiger partial charge is 0.179 e. The van der Waals surface area contributed by atoms with E-state index in [0.717, 1.165) is 17.8 Å². The number of benzene rings is 1. The molecule has 0 amide bonds. The number of pyridine rings is 2. The molecule has 0 N–H and O–H groups in total. The number of fused-ring (bicyclic) bond motifs is 1. The van der Waals surface area contributed by atoms with Crippen molar-refractivity contribution in [1.29, 1.82) is 0 Å². The van der Waals surface area contributed by atoms with Crippen LogP contribution in [0.2, 0.25) is 0 Å². The molecule has 202 valence electrons. The lowest BCUT2D eigenvalue weighted by Gasteiger charge is -2.27. The Balaban J connectivity index is 1.36. The Kier molecular flexibility index (Phi) is 9.49. The van der Waals surface area contributed by atoms with Crippen LogP contribution in [0.25, 0.3) is 5.57 Å². The SMILES string of the molecule is CCCCCCCCN1C=CC(=CC=C(Cl)C=C2N=C(c3ccccn3)N=C2c2ccccn2)c2ccccc21. The zero-order valence-corrected chi connectivity index (χ0v) is 23.6. The monoisotopic (exact) mass is 547 g/mol. The quantitative estimate of drug-likeness (QED) is 0.226. The molecule has 40 heavy (non-hydrogen) atoms. The lowest BCUT2D eigenvalue weighted by atomic mass is 9.99. The van der Waals surface area contributed by atoms with Gasteiger partial charge in [0.15, 0.2) is 5.84 Å². The van der Waals surface area contributed by atoms with E-state index in [1.807, 2.05) is 48.6 Å². The first kappa shape index (κ1) is 27.5. The van der Waals surface area contributed by atoms with Gasteiger partial charge in [-0.3, -0.25) is 9.97 Å². The predicted molar refractivity (Wildman–Crippen MR) is 168 cm³/mol. The summed E-state index contributed by atoms with van der Waals surface area (Å²) in [5.74, 6) is 0.546. The molecule has 0 unspecified atom stereocenters. The molecular formula is C34H34ClN5. The van der Waals surface area contributed by atoms with E-state index in [4.69, 9.17) is 21.6 Å². The van der Waals surface area contributed by atoms with Gasteiger partial charge < -0.3 is 4.90 Å². The van der Waals surface area contributed by atoms with Crippen molar-refractivity contribution in [2.24, 2.45) is 9.98 Å². The third-order valence-electron chi connectivity index (χ3n) is 6.90.